The first-order valence-corrected chi connectivity index (χ1v) is 6.57. The van der Waals surface area contributed by atoms with Crippen LogP contribution in [0.4, 0.5) is 9.59 Å². The van der Waals surface area contributed by atoms with Crippen LogP contribution in [-0.2, 0) is 0 Å². The molecule has 0 heterocycles. The van der Waals surface area contributed by atoms with E-state index in [9.17, 15) is 0 Å². The first-order chi connectivity index (χ1) is 7.71. The summed E-state index contributed by atoms with van der Waals surface area (Å²) in [6, 6.07) is 0. The van der Waals surface area contributed by atoms with Crippen molar-refractivity contribution in [2.24, 2.45) is 11.5 Å². The molecule has 0 aromatic carbocycles. The molecule has 0 rings (SSSR count). The first-order valence-electron chi connectivity index (χ1n) is 5.68. The van der Waals surface area contributed by atoms with Gasteiger partial charge in [-0.3, -0.25) is 9.59 Å². The van der Waals surface area contributed by atoms with Crippen LogP contribution in [0.5, 0.6) is 0 Å². The largest absolute Gasteiger partial charge is 0.361 e. The van der Waals surface area contributed by atoms with E-state index in [2.05, 4.69) is 78.3 Å². The second-order valence-corrected chi connectivity index (χ2v) is 3.68. The van der Waals surface area contributed by atoms with E-state index in [0.29, 0.717) is 0 Å². The third-order valence-electron chi connectivity index (χ3n) is 0. The van der Waals surface area contributed by atoms with Crippen LogP contribution < -0.4 is 11.5 Å². The molecule has 6 heteroatoms. The number of carbonyl (C=O) groups is 2. The van der Waals surface area contributed by atoms with E-state index < -0.39 is 10.5 Å². The highest BCUT2D eigenvalue weighted by Crippen LogP contribution is 1.61. The molecule has 4 N–H and O–H groups in total. The fourth-order valence-corrected chi connectivity index (χ4v) is 0. The van der Waals surface area contributed by atoms with Crippen LogP contribution in [0.1, 0.15) is 60.8 Å². The van der Waals surface area contributed by atoms with Crippen LogP contribution in [0, 0.1) is 0 Å². The Bertz CT molecular complexity index is 110. The lowest BCUT2D eigenvalue weighted by Gasteiger charge is -1.59. The minimum Gasteiger partial charge on any atom is -0.361 e. The normalized spacial score (nSPS) is 6.12. The fraction of sp³-hybridized carbons (Fsp3) is 0.818. The summed E-state index contributed by atoms with van der Waals surface area (Å²) in [6.45, 7) is 12.8. The van der Waals surface area contributed by atoms with Crippen molar-refractivity contribution in [3.8, 4) is 0 Å². The lowest BCUT2D eigenvalue weighted by molar-refractivity contribution is 0.266. The van der Waals surface area contributed by atoms with Crippen molar-refractivity contribution in [1.29, 1.82) is 0 Å². The summed E-state index contributed by atoms with van der Waals surface area (Å²) >= 11 is 6.21. The highest BCUT2D eigenvalue weighted by atomic mass is 32.1. The minimum atomic E-state index is -0.639. The smallest absolute Gasteiger partial charge is 0.273 e. The molecular weight excluding hydrogens is 256 g/mol. The van der Waals surface area contributed by atoms with Crippen LogP contribution in [0.25, 0.3) is 0 Å². The molecule has 0 fully saturated rings. The molecule has 0 aliphatic rings. The maximum Gasteiger partial charge on any atom is 0.273 e. The number of hydrogen-bond donors (Lipinski definition) is 4. The van der Waals surface area contributed by atoms with Crippen molar-refractivity contribution in [1.82, 2.24) is 0 Å². The number of thiol groups is 2. The van der Waals surface area contributed by atoms with Crippen molar-refractivity contribution in [2.75, 3.05) is 0 Å². The van der Waals surface area contributed by atoms with E-state index in [1.54, 1.807) is 0 Å². The monoisotopic (exact) mass is 286 g/mol. The number of carbonyl (C=O) groups excluding carboxylic acids is 2. The fourth-order valence-electron chi connectivity index (χ4n) is 0. The SMILES string of the molecule is CCC.CCC.CCC.NC(=O)S.NC(=O)S. The quantitative estimate of drug-likeness (QED) is 0.502. The van der Waals surface area contributed by atoms with Crippen molar-refractivity contribution < 1.29 is 9.59 Å². The number of rotatable bonds is 0. The van der Waals surface area contributed by atoms with Crippen LogP contribution in [0.2, 0.25) is 0 Å². The summed E-state index contributed by atoms with van der Waals surface area (Å²) in [4.78, 5) is 18.2. The summed E-state index contributed by atoms with van der Waals surface area (Å²) in [5.41, 5.74) is 8.67. The zero-order valence-corrected chi connectivity index (χ0v) is 13.8. The number of nitrogens with two attached hydrogens (primary N) is 2. The molecule has 0 bridgehead atoms. The van der Waals surface area contributed by atoms with Gasteiger partial charge in [0.25, 0.3) is 10.5 Å². The molecule has 0 saturated carbocycles. The van der Waals surface area contributed by atoms with Crippen LogP contribution >= 0.6 is 25.3 Å². The van der Waals surface area contributed by atoms with Gasteiger partial charge in [0.2, 0.25) is 0 Å². The summed E-state index contributed by atoms with van der Waals surface area (Å²) in [5.74, 6) is 0. The van der Waals surface area contributed by atoms with E-state index in [1.807, 2.05) is 0 Å². The highest BCUT2D eigenvalue weighted by molar-refractivity contribution is 7.96. The van der Waals surface area contributed by atoms with Gasteiger partial charge in [0, 0.05) is 0 Å². The summed E-state index contributed by atoms with van der Waals surface area (Å²) in [7, 11) is 0. The maximum absolute atomic E-state index is 9.09. The molecule has 0 radical (unpaired) electrons. The third kappa shape index (κ3) is 22500. The molecule has 4 nitrogen and oxygen atoms in total. The van der Waals surface area contributed by atoms with Crippen molar-refractivity contribution in [2.45, 2.75) is 60.8 Å². The van der Waals surface area contributed by atoms with E-state index >= 15 is 0 Å². The number of primary amides is 2. The molecule has 0 atom stereocenters. The standard InChI is InChI=1S/3C3H8.2CH3NOS/c3*1-3-2;2*2-1(3)4/h3*3H2,1-2H3;2*(H3,2,3,4). The molecule has 2 amide bonds. The van der Waals surface area contributed by atoms with Crippen molar-refractivity contribution >= 4 is 35.7 Å². The predicted octanol–water partition coefficient (Wildman–Crippen LogP) is 4.24. The molecule has 0 aromatic heterocycles. The lowest BCUT2D eigenvalue weighted by atomic mass is 10.6. The number of amides is 2. The van der Waals surface area contributed by atoms with Gasteiger partial charge in [-0.15, -0.1) is 0 Å². The molecule has 0 unspecified atom stereocenters. The average Bonchev–Trinajstić information content (AvgIpc) is 2.03. The molecule has 108 valence electrons. The third-order valence-corrected chi connectivity index (χ3v) is 0. The molecule has 0 aliphatic heterocycles. The predicted molar refractivity (Wildman–Crippen MR) is 85.0 cm³/mol. The Morgan fingerprint density at radius 2 is 0.706 bits per heavy atom. The van der Waals surface area contributed by atoms with E-state index in [-0.39, 0.29) is 0 Å². The van der Waals surface area contributed by atoms with E-state index in [0.717, 1.165) is 0 Å². The van der Waals surface area contributed by atoms with E-state index in [1.165, 1.54) is 19.3 Å². The van der Waals surface area contributed by atoms with Gasteiger partial charge in [-0.2, -0.15) is 0 Å². The molecule has 17 heavy (non-hydrogen) atoms. The Morgan fingerprint density at radius 3 is 0.706 bits per heavy atom. The Balaban J connectivity index is -0.0000000356. The lowest BCUT2D eigenvalue weighted by Crippen LogP contribution is -1.95. The summed E-state index contributed by atoms with van der Waals surface area (Å²) < 4.78 is 0. The molecular formula is C11H30N2O2S2. The average molecular weight is 287 g/mol. The van der Waals surface area contributed by atoms with Crippen LogP contribution in [0.3, 0.4) is 0 Å². The number of hydrogen-bond acceptors (Lipinski definition) is 2. The van der Waals surface area contributed by atoms with Gasteiger partial charge in [-0.05, 0) is 0 Å². The van der Waals surface area contributed by atoms with Gasteiger partial charge in [0.05, 0.1) is 0 Å². The van der Waals surface area contributed by atoms with Gasteiger partial charge in [-0.25, -0.2) is 0 Å². The van der Waals surface area contributed by atoms with Crippen LogP contribution in [0.15, 0.2) is 0 Å². The second-order valence-electron chi connectivity index (χ2n) is 2.80. The molecule has 0 aromatic rings. The Morgan fingerprint density at radius 1 is 0.706 bits per heavy atom. The van der Waals surface area contributed by atoms with Gasteiger partial charge in [-0.1, -0.05) is 86.1 Å². The first kappa shape index (κ1) is 30.0. The minimum absolute atomic E-state index is 0.639. The van der Waals surface area contributed by atoms with E-state index in [4.69, 9.17) is 9.59 Å². The second kappa shape index (κ2) is 44.9. The molecule has 0 aliphatic carbocycles. The zero-order valence-electron chi connectivity index (χ0n) is 12.0. The highest BCUT2D eigenvalue weighted by Gasteiger charge is 1.63. The Hall–Kier alpha value is -0.360. The van der Waals surface area contributed by atoms with Gasteiger partial charge in [0.1, 0.15) is 0 Å². The molecule has 0 saturated heterocycles. The van der Waals surface area contributed by atoms with Gasteiger partial charge in [0.15, 0.2) is 0 Å². The Labute approximate surface area is 118 Å². The Kier molecular flexibility index (Phi) is 79.4. The van der Waals surface area contributed by atoms with Gasteiger partial charge < -0.3 is 11.5 Å². The summed E-state index contributed by atoms with van der Waals surface area (Å²) in [6.07, 6.45) is 3.75. The van der Waals surface area contributed by atoms with Gasteiger partial charge >= 0.3 is 0 Å². The molecule has 0 spiro atoms. The maximum atomic E-state index is 9.09. The van der Waals surface area contributed by atoms with Crippen LogP contribution in [-0.4, -0.2) is 10.5 Å². The van der Waals surface area contributed by atoms with Crippen molar-refractivity contribution in [3.63, 3.8) is 0 Å². The van der Waals surface area contributed by atoms with Crippen molar-refractivity contribution in [3.05, 3.63) is 0 Å². The summed E-state index contributed by atoms with van der Waals surface area (Å²) in [5, 5.41) is -1.28. The topological polar surface area (TPSA) is 86.2 Å². The zero-order chi connectivity index (χ0) is 15.3.